The fraction of sp³-hybridized carbons (Fsp3) is 0.400. The Bertz CT molecular complexity index is 763. The fourth-order valence-corrected chi connectivity index (χ4v) is 4.84. The highest BCUT2D eigenvalue weighted by atomic mass is 35.5. The molecule has 0 saturated carbocycles. The number of alkyl halides is 3. The third kappa shape index (κ3) is 5.19. The van der Waals surface area contributed by atoms with Crippen LogP contribution in [0.5, 0.6) is 0 Å². The second-order valence-electron chi connectivity index (χ2n) is 6.61. The van der Waals surface area contributed by atoms with Crippen LogP contribution in [0.3, 0.4) is 0 Å². The molecule has 1 fully saturated rings. The molecule has 0 aromatic heterocycles. The van der Waals surface area contributed by atoms with Gasteiger partial charge in [-0.15, -0.1) is 11.8 Å². The number of benzene rings is 2. The average molecular weight is 417 g/mol. The van der Waals surface area contributed by atoms with Crippen molar-refractivity contribution >= 4 is 23.4 Å². The van der Waals surface area contributed by atoms with E-state index in [-0.39, 0.29) is 10.9 Å². The van der Waals surface area contributed by atoms with Crippen molar-refractivity contribution in [3.63, 3.8) is 0 Å². The Labute approximate surface area is 166 Å². The van der Waals surface area contributed by atoms with Gasteiger partial charge in [0.1, 0.15) is 0 Å². The Balaban J connectivity index is 1.84. The van der Waals surface area contributed by atoms with Crippen LogP contribution >= 0.6 is 23.4 Å². The van der Waals surface area contributed by atoms with Gasteiger partial charge in [0.15, 0.2) is 0 Å². The van der Waals surface area contributed by atoms with E-state index < -0.39 is 11.7 Å². The number of hydrogen-bond donors (Lipinski definition) is 0. The van der Waals surface area contributed by atoms with Crippen molar-refractivity contribution < 1.29 is 22.6 Å². The first-order valence-corrected chi connectivity index (χ1v) is 9.73. The Morgan fingerprint density at radius 1 is 1.22 bits per heavy atom. The second-order valence-corrected chi connectivity index (χ2v) is 8.59. The maximum Gasteiger partial charge on any atom is 0.416 e. The van der Waals surface area contributed by atoms with Crippen molar-refractivity contribution in [2.75, 3.05) is 20.3 Å². The molecule has 0 spiro atoms. The maximum atomic E-state index is 13.0. The topological polar surface area (TPSA) is 18.5 Å². The minimum atomic E-state index is -4.35. The average Bonchev–Trinajstić information content (AvgIpc) is 2.62. The first kappa shape index (κ1) is 20.5. The van der Waals surface area contributed by atoms with E-state index in [0.29, 0.717) is 36.0 Å². The van der Waals surface area contributed by atoms with Crippen LogP contribution in [-0.2, 0) is 15.7 Å². The summed E-state index contributed by atoms with van der Waals surface area (Å²) in [6.07, 6.45) is -3.16. The normalized spacial score (nSPS) is 23.4. The number of hydrogen-bond acceptors (Lipinski definition) is 3. The van der Waals surface area contributed by atoms with Crippen molar-refractivity contribution in [3.05, 3.63) is 64.7 Å². The van der Waals surface area contributed by atoms with Crippen LogP contribution in [0.1, 0.15) is 30.1 Å². The SMILES string of the molecule is COCC1(Sc2cccc(C(F)(F)F)c2)CCOC(c2ccc(Cl)cc2)C1. The van der Waals surface area contributed by atoms with E-state index >= 15 is 0 Å². The summed E-state index contributed by atoms with van der Waals surface area (Å²) >= 11 is 7.40. The van der Waals surface area contributed by atoms with Gasteiger partial charge in [-0.2, -0.15) is 13.2 Å². The molecule has 3 rings (SSSR count). The van der Waals surface area contributed by atoms with Gasteiger partial charge in [-0.05, 0) is 48.7 Å². The Kier molecular flexibility index (Phi) is 6.41. The van der Waals surface area contributed by atoms with Gasteiger partial charge in [-0.1, -0.05) is 29.8 Å². The molecule has 2 atom stereocenters. The zero-order chi connectivity index (χ0) is 19.5. The quantitative estimate of drug-likeness (QED) is 0.562. The summed E-state index contributed by atoms with van der Waals surface area (Å²) in [5, 5.41) is 0.649. The molecule has 0 radical (unpaired) electrons. The summed E-state index contributed by atoms with van der Waals surface area (Å²) in [6.45, 7) is 0.948. The highest BCUT2D eigenvalue weighted by Gasteiger charge is 2.39. The van der Waals surface area contributed by atoms with Crippen molar-refractivity contribution in [2.24, 2.45) is 0 Å². The van der Waals surface area contributed by atoms with E-state index in [1.807, 2.05) is 24.3 Å². The molecule has 2 aromatic rings. The number of thioether (sulfide) groups is 1. The van der Waals surface area contributed by atoms with Crippen LogP contribution in [0.4, 0.5) is 13.2 Å². The van der Waals surface area contributed by atoms with Crippen molar-refractivity contribution in [1.82, 2.24) is 0 Å². The molecule has 1 aliphatic heterocycles. The van der Waals surface area contributed by atoms with Crippen LogP contribution < -0.4 is 0 Å². The van der Waals surface area contributed by atoms with Crippen molar-refractivity contribution in [3.8, 4) is 0 Å². The van der Waals surface area contributed by atoms with Gasteiger partial charge < -0.3 is 9.47 Å². The van der Waals surface area contributed by atoms with Crippen LogP contribution in [-0.4, -0.2) is 25.1 Å². The molecule has 0 bridgehead atoms. The Morgan fingerprint density at radius 2 is 1.96 bits per heavy atom. The Morgan fingerprint density at radius 3 is 2.63 bits per heavy atom. The first-order valence-electron chi connectivity index (χ1n) is 8.54. The third-order valence-corrected chi connectivity index (χ3v) is 6.24. The minimum Gasteiger partial charge on any atom is -0.383 e. The molecule has 1 saturated heterocycles. The van der Waals surface area contributed by atoms with E-state index in [1.165, 1.54) is 23.9 Å². The molecule has 0 amide bonds. The van der Waals surface area contributed by atoms with E-state index in [9.17, 15) is 13.2 Å². The van der Waals surface area contributed by atoms with Gasteiger partial charge in [-0.3, -0.25) is 0 Å². The second kappa shape index (κ2) is 8.43. The molecule has 0 aliphatic carbocycles. The highest BCUT2D eigenvalue weighted by molar-refractivity contribution is 8.00. The standard InChI is InChI=1S/C20H20ClF3O2S/c1-25-13-19(27-17-4-2-3-15(11-17)20(22,23)24)9-10-26-18(12-19)14-5-7-16(21)8-6-14/h2-8,11,18H,9-10,12-13H2,1H3. The summed E-state index contributed by atoms with van der Waals surface area (Å²) in [7, 11) is 1.61. The van der Waals surface area contributed by atoms with Crippen LogP contribution in [0.15, 0.2) is 53.4 Å². The zero-order valence-corrected chi connectivity index (χ0v) is 16.3. The molecule has 2 aromatic carbocycles. The minimum absolute atomic E-state index is 0.149. The van der Waals surface area contributed by atoms with Crippen LogP contribution in [0, 0.1) is 0 Å². The predicted molar refractivity (Wildman–Crippen MR) is 101 cm³/mol. The van der Waals surface area contributed by atoms with Crippen LogP contribution in [0.25, 0.3) is 0 Å². The van der Waals surface area contributed by atoms with Gasteiger partial charge in [0.2, 0.25) is 0 Å². The summed E-state index contributed by atoms with van der Waals surface area (Å²) in [6, 6.07) is 12.9. The molecule has 1 aliphatic rings. The smallest absolute Gasteiger partial charge is 0.383 e. The summed E-state index contributed by atoms with van der Waals surface area (Å²) in [4.78, 5) is 0.582. The number of methoxy groups -OCH3 is 1. The summed E-state index contributed by atoms with van der Waals surface area (Å²) in [5.74, 6) is 0. The van der Waals surface area contributed by atoms with Gasteiger partial charge >= 0.3 is 6.18 Å². The lowest BCUT2D eigenvalue weighted by Crippen LogP contribution is -2.38. The van der Waals surface area contributed by atoms with Gasteiger partial charge in [0, 0.05) is 28.4 Å². The number of ether oxygens (including phenoxy) is 2. The molecule has 27 heavy (non-hydrogen) atoms. The molecule has 1 heterocycles. The Hall–Kier alpha value is -1.21. The molecule has 7 heteroatoms. The maximum absolute atomic E-state index is 13.0. The van der Waals surface area contributed by atoms with Crippen molar-refractivity contribution in [1.29, 1.82) is 0 Å². The lowest BCUT2D eigenvalue weighted by Gasteiger charge is -2.40. The molecular formula is C20H20ClF3O2S. The van der Waals surface area contributed by atoms with Gasteiger partial charge in [0.25, 0.3) is 0 Å². The zero-order valence-electron chi connectivity index (χ0n) is 14.8. The fourth-order valence-electron chi connectivity index (χ4n) is 3.28. The van der Waals surface area contributed by atoms with Crippen LogP contribution in [0.2, 0.25) is 5.02 Å². The number of halogens is 4. The van der Waals surface area contributed by atoms with Crippen molar-refractivity contribution in [2.45, 2.75) is 34.8 Å². The molecule has 2 unspecified atom stereocenters. The number of rotatable bonds is 5. The third-order valence-electron chi connectivity index (χ3n) is 4.58. The summed E-state index contributed by atoms with van der Waals surface area (Å²) in [5.41, 5.74) is 0.366. The van der Waals surface area contributed by atoms with E-state index in [4.69, 9.17) is 21.1 Å². The van der Waals surface area contributed by atoms with Gasteiger partial charge in [-0.25, -0.2) is 0 Å². The largest absolute Gasteiger partial charge is 0.416 e. The molecular weight excluding hydrogens is 397 g/mol. The predicted octanol–water partition coefficient (Wildman–Crippen LogP) is 6.39. The van der Waals surface area contributed by atoms with E-state index in [1.54, 1.807) is 13.2 Å². The molecule has 2 nitrogen and oxygen atoms in total. The lowest BCUT2D eigenvalue weighted by molar-refractivity contribution is -0.137. The monoisotopic (exact) mass is 416 g/mol. The highest BCUT2D eigenvalue weighted by Crippen LogP contribution is 2.47. The summed E-state index contributed by atoms with van der Waals surface area (Å²) < 4.78 is 50.1. The first-order chi connectivity index (χ1) is 12.8. The van der Waals surface area contributed by atoms with Gasteiger partial charge in [0.05, 0.1) is 18.3 Å². The molecule has 146 valence electrons. The van der Waals surface area contributed by atoms with E-state index in [0.717, 1.165) is 11.6 Å². The lowest BCUT2D eigenvalue weighted by atomic mass is 9.91. The van der Waals surface area contributed by atoms with E-state index in [2.05, 4.69) is 0 Å². The molecule has 0 N–H and O–H groups in total.